The van der Waals surface area contributed by atoms with Gasteiger partial charge in [-0.25, -0.2) is 9.97 Å². The first-order valence-corrected chi connectivity index (χ1v) is 11.3. The zero-order chi connectivity index (χ0) is 22.5. The summed E-state index contributed by atoms with van der Waals surface area (Å²) < 4.78 is 5.84. The van der Waals surface area contributed by atoms with Gasteiger partial charge < -0.3 is 20.5 Å². The number of aliphatic hydroxyl groups excluding tert-OH is 1. The van der Waals surface area contributed by atoms with Gasteiger partial charge in [-0.1, -0.05) is 19.0 Å². The molecule has 3 N–H and O–H groups in total. The normalized spacial score (nSPS) is 22.0. The van der Waals surface area contributed by atoms with Crippen LogP contribution in [0.2, 0.25) is 5.02 Å². The molecular formula is C24H31ClN6O2. The van der Waals surface area contributed by atoms with Crippen molar-refractivity contribution in [2.75, 3.05) is 24.6 Å². The minimum atomic E-state index is -0.206. The zero-order valence-electron chi connectivity index (χ0n) is 18.3. The van der Waals surface area contributed by atoms with Gasteiger partial charge >= 0.3 is 0 Å². The minimum Gasteiger partial charge on any atom is -0.390 e. The molecule has 2 fully saturated rings. The van der Waals surface area contributed by atoms with E-state index in [1.54, 1.807) is 12.4 Å². The number of halogens is 1. The van der Waals surface area contributed by atoms with E-state index in [2.05, 4.69) is 14.9 Å². The Morgan fingerprint density at radius 1 is 1.21 bits per heavy atom. The number of benzene rings is 1. The summed E-state index contributed by atoms with van der Waals surface area (Å²) in [6.45, 7) is 6.07. The summed E-state index contributed by atoms with van der Waals surface area (Å²) >= 11 is 6.66. The number of hydrogen-bond acceptors (Lipinski definition) is 8. The number of piperidine rings is 1. The van der Waals surface area contributed by atoms with Crippen molar-refractivity contribution in [3.8, 4) is 11.3 Å². The third-order valence-corrected chi connectivity index (χ3v) is 7.39. The average molecular weight is 471 g/mol. The van der Waals surface area contributed by atoms with Crippen LogP contribution < -0.4 is 10.6 Å². The summed E-state index contributed by atoms with van der Waals surface area (Å²) in [6.07, 6.45) is 5.20. The Bertz CT molecular complexity index is 1170. The maximum atomic E-state index is 10.1. The van der Waals surface area contributed by atoms with Crippen molar-refractivity contribution >= 4 is 28.5 Å². The number of nitrogens with zero attached hydrogens (tertiary/aromatic N) is 5. The third-order valence-electron chi connectivity index (χ3n) is 7.01. The van der Waals surface area contributed by atoms with E-state index in [0.29, 0.717) is 28.5 Å². The molecule has 2 atom stereocenters. The summed E-state index contributed by atoms with van der Waals surface area (Å²) in [5.74, 6) is 0.723. The molecule has 0 radical (unpaired) electrons. The first-order chi connectivity index (χ1) is 15.4. The molecule has 0 unspecified atom stereocenters. The molecule has 4 heterocycles. The smallest absolute Gasteiger partial charge is 0.153 e. The van der Waals surface area contributed by atoms with E-state index in [9.17, 15) is 5.11 Å². The highest BCUT2D eigenvalue weighted by atomic mass is 35.5. The number of nitrogens with two attached hydrogens (primary N) is 1. The number of aryl methyl sites for hydroxylation is 1. The van der Waals surface area contributed by atoms with Crippen LogP contribution in [0.3, 0.4) is 0 Å². The highest BCUT2D eigenvalue weighted by Crippen LogP contribution is 2.42. The molecule has 2 aromatic heterocycles. The Hall–Kier alpha value is -2.39. The second-order valence-electron chi connectivity index (χ2n) is 8.83. The molecule has 2 aliphatic rings. The summed E-state index contributed by atoms with van der Waals surface area (Å²) in [5.41, 5.74) is 10.5. The fraction of sp³-hybridized carbons (Fsp3) is 0.500. The highest BCUT2D eigenvalue weighted by molar-refractivity contribution is 6.37. The molecule has 33 heavy (non-hydrogen) atoms. The molecule has 0 bridgehead atoms. The molecule has 9 heteroatoms. The fourth-order valence-electron chi connectivity index (χ4n) is 4.98. The van der Waals surface area contributed by atoms with Gasteiger partial charge in [-0.2, -0.15) is 0 Å². The molecule has 0 amide bonds. The summed E-state index contributed by atoms with van der Waals surface area (Å²) in [5, 5.41) is 10.6. The van der Waals surface area contributed by atoms with E-state index < -0.39 is 0 Å². The highest BCUT2D eigenvalue weighted by Gasteiger charge is 2.47. The summed E-state index contributed by atoms with van der Waals surface area (Å²) in [4.78, 5) is 20.5. The van der Waals surface area contributed by atoms with E-state index in [1.165, 1.54) is 0 Å². The molecule has 3 aromatic rings. The van der Waals surface area contributed by atoms with Crippen LogP contribution in [0.15, 0.2) is 24.5 Å². The lowest BCUT2D eigenvalue weighted by Gasteiger charge is -2.42. The second kappa shape index (κ2) is 9.10. The summed E-state index contributed by atoms with van der Waals surface area (Å²) in [6, 6.07) is 3.80. The molecule has 2 saturated heterocycles. The predicted octanol–water partition coefficient (Wildman–Crippen LogP) is 3.51. The van der Waals surface area contributed by atoms with Crippen LogP contribution in [0.5, 0.6) is 0 Å². The topological polar surface area (TPSA) is 110 Å². The quantitative estimate of drug-likeness (QED) is 0.598. The zero-order valence-corrected chi connectivity index (χ0v) is 19.0. The van der Waals surface area contributed by atoms with Crippen LogP contribution in [-0.4, -0.2) is 56.9 Å². The molecule has 0 saturated carbocycles. The van der Waals surface area contributed by atoms with Crippen LogP contribution >= 0.6 is 11.6 Å². The van der Waals surface area contributed by atoms with Crippen LogP contribution in [0.4, 0.5) is 5.82 Å². The number of hydrogen-bond donors (Lipinski definition) is 2. The number of rotatable bonds is 3. The van der Waals surface area contributed by atoms with Crippen LogP contribution in [-0.2, 0) is 11.3 Å². The minimum absolute atomic E-state index is 0. The average Bonchev–Trinajstić information content (AvgIpc) is 3.09. The number of aromatic nitrogens is 4. The van der Waals surface area contributed by atoms with Gasteiger partial charge in [-0.05, 0) is 38.8 Å². The standard InChI is InChI=1S/C23H27ClN6O2.CH4/c1-13-19(15-3-4-16-20(18(15)24)27-8-7-26-16)29-17(11-31)22(28-13)30-9-5-23(6-10-30)12-32-14(2)21(23)25;/h3-4,7-8,14,21,31H,5-6,9-12,25H2,1-2H3;1H4/t14-,21+;/m0./s1. The first-order valence-electron chi connectivity index (χ1n) is 10.9. The Labute approximate surface area is 199 Å². The van der Waals surface area contributed by atoms with Gasteiger partial charge in [0.1, 0.15) is 11.2 Å². The Morgan fingerprint density at radius 2 is 1.94 bits per heavy atom. The van der Waals surface area contributed by atoms with Gasteiger partial charge in [0.2, 0.25) is 0 Å². The van der Waals surface area contributed by atoms with Crippen molar-refractivity contribution in [1.29, 1.82) is 0 Å². The maximum absolute atomic E-state index is 10.1. The molecule has 1 aromatic carbocycles. The van der Waals surface area contributed by atoms with E-state index in [4.69, 9.17) is 32.0 Å². The van der Waals surface area contributed by atoms with Gasteiger partial charge in [0.15, 0.2) is 5.82 Å². The molecule has 5 rings (SSSR count). The van der Waals surface area contributed by atoms with Crippen LogP contribution in [0, 0.1) is 12.3 Å². The molecule has 2 aliphatic heterocycles. The largest absolute Gasteiger partial charge is 0.390 e. The Kier molecular flexibility index (Phi) is 6.55. The van der Waals surface area contributed by atoms with Gasteiger partial charge in [0.05, 0.1) is 41.2 Å². The van der Waals surface area contributed by atoms with Crippen LogP contribution in [0.1, 0.15) is 38.6 Å². The van der Waals surface area contributed by atoms with Crippen molar-refractivity contribution in [2.24, 2.45) is 11.1 Å². The molecule has 1 spiro atoms. The van der Waals surface area contributed by atoms with Gasteiger partial charge in [-0.3, -0.25) is 9.97 Å². The van der Waals surface area contributed by atoms with E-state index in [1.807, 2.05) is 26.0 Å². The predicted molar refractivity (Wildman–Crippen MR) is 130 cm³/mol. The maximum Gasteiger partial charge on any atom is 0.153 e. The van der Waals surface area contributed by atoms with E-state index >= 15 is 0 Å². The molecular weight excluding hydrogens is 440 g/mol. The molecule has 176 valence electrons. The fourth-order valence-corrected chi connectivity index (χ4v) is 5.28. The monoisotopic (exact) mass is 470 g/mol. The number of ether oxygens (including phenoxy) is 1. The van der Waals surface area contributed by atoms with Crippen molar-refractivity contribution in [3.63, 3.8) is 0 Å². The molecule has 8 nitrogen and oxygen atoms in total. The van der Waals surface area contributed by atoms with Gasteiger partial charge in [-0.15, -0.1) is 0 Å². The third kappa shape index (κ3) is 3.95. The Balaban J connectivity index is 0.00000259. The number of fused-ring (bicyclic) bond motifs is 1. The Morgan fingerprint density at radius 3 is 2.61 bits per heavy atom. The SMILES string of the molecule is C.Cc1nc(N2CCC3(CC2)CO[C@@H](C)[C@H]3N)c(CO)nc1-c1ccc2nccnc2c1Cl. The lowest BCUT2D eigenvalue weighted by molar-refractivity contribution is 0.0973. The van der Waals surface area contributed by atoms with E-state index in [-0.39, 0.29) is 31.6 Å². The summed E-state index contributed by atoms with van der Waals surface area (Å²) in [7, 11) is 0. The van der Waals surface area contributed by atoms with Crippen molar-refractivity contribution in [2.45, 2.75) is 52.9 Å². The van der Waals surface area contributed by atoms with Crippen molar-refractivity contribution in [3.05, 3.63) is 40.9 Å². The lowest BCUT2D eigenvalue weighted by atomic mass is 9.73. The van der Waals surface area contributed by atoms with Crippen molar-refractivity contribution in [1.82, 2.24) is 19.9 Å². The van der Waals surface area contributed by atoms with Gasteiger partial charge in [0, 0.05) is 42.5 Å². The second-order valence-corrected chi connectivity index (χ2v) is 9.21. The number of aliphatic hydroxyl groups is 1. The van der Waals surface area contributed by atoms with Gasteiger partial charge in [0.25, 0.3) is 0 Å². The number of anilines is 1. The van der Waals surface area contributed by atoms with Crippen molar-refractivity contribution < 1.29 is 9.84 Å². The van der Waals surface area contributed by atoms with E-state index in [0.717, 1.165) is 48.5 Å². The lowest BCUT2D eigenvalue weighted by Crippen LogP contribution is -2.51. The molecule has 0 aliphatic carbocycles. The first kappa shape index (κ1) is 23.8. The van der Waals surface area contributed by atoms with Crippen LogP contribution in [0.25, 0.3) is 22.3 Å².